The average molecular weight is 203 g/mol. The molecule has 0 spiro atoms. The number of aliphatic imine (C=N–C) groups is 1. The minimum absolute atomic E-state index is 0.172. The molecule has 0 N–H and O–H groups in total. The Morgan fingerprint density at radius 3 is 3.13 bits per heavy atom. The zero-order valence-electron chi connectivity index (χ0n) is 8.69. The maximum absolute atomic E-state index is 10.5. The third-order valence-corrected chi connectivity index (χ3v) is 2.39. The lowest BCUT2D eigenvalue weighted by molar-refractivity contribution is -0.104. The molecule has 2 rings (SSSR count). The Kier molecular flexibility index (Phi) is 2.81. The first-order valence-electron chi connectivity index (χ1n) is 5.12. The van der Waals surface area contributed by atoms with Crippen LogP contribution in [0.15, 0.2) is 23.2 Å². The normalized spacial score (nSPS) is 13.8. The van der Waals surface area contributed by atoms with Crippen LogP contribution in [0.1, 0.15) is 24.5 Å². The van der Waals surface area contributed by atoms with Gasteiger partial charge in [0.15, 0.2) is 0 Å². The van der Waals surface area contributed by atoms with Crippen LogP contribution in [0.5, 0.6) is 0 Å². The van der Waals surface area contributed by atoms with E-state index in [1.807, 2.05) is 6.07 Å². The van der Waals surface area contributed by atoms with Crippen molar-refractivity contribution in [2.24, 2.45) is 4.99 Å². The van der Waals surface area contributed by atoms with Crippen molar-refractivity contribution < 1.29 is 9.53 Å². The van der Waals surface area contributed by atoms with E-state index in [4.69, 9.17) is 4.74 Å². The van der Waals surface area contributed by atoms with E-state index in [0.29, 0.717) is 12.9 Å². The van der Waals surface area contributed by atoms with Gasteiger partial charge in [0.25, 0.3) is 5.90 Å². The van der Waals surface area contributed by atoms with Gasteiger partial charge in [0.2, 0.25) is 6.29 Å². The molecular formula is C12H13NO2. The van der Waals surface area contributed by atoms with E-state index >= 15 is 0 Å². The van der Waals surface area contributed by atoms with E-state index in [2.05, 4.69) is 24.0 Å². The average Bonchev–Trinajstić information content (AvgIpc) is 2.29. The molecule has 3 heteroatoms. The molecule has 1 aromatic carbocycles. The summed E-state index contributed by atoms with van der Waals surface area (Å²) in [6.07, 6.45) is 2.84. The molecule has 3 nitrogen and oxygen atoms in total. The topological polar surface area (TPSA) is 38.7 Å². The number of aldehydes is 1. The molecule has 1 aliphatic rings. The molecular weight excluding hydrogens is 190 g/mol. The Morgan fingerprint density at radius 1 is 1.53 bits per heavy atom. The Bertz CT molecular complexity index is 410. The maximum Gasteiger partial charge on any atom is 0.255 e. The highest BCUT2D eigenvalue weighted by molar-refractivity contribution is 6.24. The Morgan fingerprint density at radius 2 is 2.40 bits per heavy atom. The lowest BCUT2D eigenvalue weighted by atomic mass is 10.1. The monoisotopic (exact) mass is 203 g/mol. The van der Waals surface area contributed by atoms with Crippen LogP contribution in [-0.4, -0.2) is 12.2 Å². The zero-order valence-corrected chi connectivity index (χ0v) is 8.69. The molecule has 1 aliphatic heterocycles. The van der Waals surface area contributed by atoms with Crippen LogP contribution >= 0.6 is 0 Å². The zero-order chi connectivity index (χ0) is 10.7. The van der Waals surface area contributed by atoms with Crippen molar-refractivity contribution in [1.82, 2.24) is 0 Å². The van der Waals surface area contributed by atoms with Gasteiger partial charge in [0.1, 0.15) is 6.61 Å². The first-order chi connectivity index (χ1) is 7.33. The van der Waals surface area contributed by atoms with Crippen LogP contribution in [0.2, 0.25) is 0 Å². The molecule has 1 aromatic rings. The standard InChI is InChI=1S/C12H13NO2/c1-2-3-9-4-5-11-10(6-9)8-15-12(7-14)13-11/h4-7H,2-3,8H2,1H3. The number of benzene rings is 1. The molecule has 78 valence electrons. The minimum atomic E-state index is 0.172. The van der Waals surface area contributed by atoms with Gasteiger partial charge in [-0.15, -0.1) is 0 Å². The Balaban J connectivity index is 2.32. The number of carbonyl (C=O) groups excluding carboxylic acids is 1. The molecule has 0 unspecified atom stereocenters. The van der Waals surface area contributed by atoms with Crippen molar-refractivity contribution in [3.05, 3.63) is 29.3 Å². The van der Waals surface area contributed by atoms with Crippen LogP contribution in [0, 0.1) is 0 Å². The number of hydrogen-bond donors (Lipinski definition) is 0. The number of aryl methyl sites for hydroxylation is 1. The number of fused-ring (bicyclic) bond motifs is 1. The van der Waals surface area contributed by atoms with Gasteiger partial charge in [-0.05, 0) is 18.1 Å². The summed E-state index contributed by atoms with van der Waals surface area (Å²) < 4.78 is 5.17. The summed E-state index contributed by atoms with van der Waals surface area (Å²) in [7, 11) is 0. The molecule has 1 heterocycles. The third-order valence-electron chi connectivity index (χ3n) is 2.39. The van der Waals surface area contributed by atoms with Crippen molar-refractivity contribution in [2.45, 2.75) is 26.4 Å². The van der Waals surface area contributed by atoms with E-state index in [1.54, 1.807) is 0 Å². The van der Waals surface area contributed by atoms with Crippen molar-refractivity contribution in [2.75, 3.05) is 0 Å². The molecule has 15 heavy (non-hydrogen) atoms. The fraction of sp³-hybridized carbons (Fsp3) is 0.333. The number of rotatable bonds is 3. The van der Waals surface area contributed by atoms with E-state index < -0.39 is 0 Å². The number of nitrogens with zero attached hydrogens (tertiary/aromatic N) is 1. The molecule has 0 aliphatic carbocycles. The van der Waals surface area contributed by atoms with Crippen LogP contribution in [0.25, 0.3) is 0 Å². The quantitative estimate of drug-likeness (QED) is 0.707. The molecule has 0 saturated heterocycles. The summed E-state index contributed by atoms with van der Waals surface area (Å²) in [6.45, 7) is 2.60. The molecule has 0 radical (unpaired) electrons. The van der Waals surface area contributed by atoms with Gasteiger partial charge in [-0.3, -0.25) is 4.79 Å². The van der Waals surface area contributed by atoms with E-state index in [0.717, 1.165) is 24.1 Å². The number of hydrogen-bond acceptors (Lipinski definition) is 3. The van der Waals surface area contributed by atoms with Crippen LogP contribution in [-0.2, 0) is 22.6 Å². The second kappa shape index (κ2) is 4.26. The van der Waals surface area contributed by atoms with Gasteiger partial charge in [-0.25, -0.2) is 4.99 Å². The van der Waals surface area contributed by atoms with Crippen LogP contribution < -0.4 is 0 Å². The SMILES string of the molecule is CCCc1ccc2c(c1)COC(C=O)=N2. The van der Waals surface area contributed by atoms with Crippen LogP contribution in [0.4, 0.5) is 5.69 Å². The molecule has 0 atom stereocenters. The summed E-state index contributed by atoms with van der Waals surface area (Å²) in [6, 6.07) is 6.11. The van der Waals surface area contributed by atoms with Gasteiger partial charge in [0.05, 0.1) is 5.69 Å². The first kappa shape index (κ1) is 9.90. The van der Waals surface area contributed by atoms with Gasteiger partial charge in [0, 0.05) is 5.56 Å². The van der Waals surface area contributed by atoms with Gasteiger partial charge < -0.3 is 4.74 Å². The molecule has 0 aromatic heterocycles. The highest BCUT2D eigenvalue weighted by Gasteiger charge is 2.12. The number of carbonyl (C=O) groups is 1. The summed E-state index contributed by atoms with van der Waals surface area (Å²) in [4.78, 5) is 14.6. The summed E-state index contributed by atoms with van der Waals surface area (Å²) >= 11 is 0. The van der Waals surface area contributed by atoms with E-state index in [9.17, 15) is 4.79 Å². The highest BCUT2D eigenvalue weighted by Crippen LogP contribution is 2.25. The first-order valence-corrected chi connectivity index (χ1v) is 5.12. The van der Waals surface area contributed by atoms with Crippen molar-refractivity contribution >= 4 is 17.9 Å². The fourth-order valence-electron chi connectivity index (χ4n) is 1.67. The van der Waals surface area contributed by atoms with E-state index in [-0.39, 0.29) is 5.90 Å². The highest BCUT2D eigenvalue weighted by atomic mass is 16.5. The lowest BCUT2D eigenvalue weighted by Gasteiger charge is -2.14. The molecule has 0 saturated carbocycles. The lowest BCUT2D eigenvalue weighted by Crippen LogP contribution is -2.10. The minimum Gasteiger partial charge on any atom is -0.470 e. The summed E-state index contributed by atoms with van der Waals surface area (Å²) in [5, 5.41) is 0. The summed E-state index contributed by atoms with van der Waals surface area (Å²) in [5.41, 5.74) is 3.21. The van der Waals surface area contributed by atoms with Gasteiger partial charge in [-0.2, -0.15) is 0 Å². The summed E-state index contributed by atoms with van der Waals surface area (Å²) in [5.74, 6) is 0.172. The van der Waals surface area contributed by atoms with Crippen LogP contribution in [0.3, 0.4) is 0 Å². The molecule has 0 fully saturated rings. The Hall–Kier alpha value is -1.64. The van der Waals surface area contributed by atoms with Crippen molar-refractivity contribution in [3.8, 4) is 0 Å². The van der Waals surface area contributed by atoms with Crippen molar-refractivity contribution in [3.63, 3.8) is 0 Å². The predicted molar refractivity (Wildman–Crippen MR) is 58.4 cm³/mol. The maximum atomic E-state index is 10.5. The van der Waals surface area contributed by atoms with Crippen molar-refractivity contribution in [1.29, 1.82) is 0 Å². The Labute approximate surface area is 88.8 Å². The smallest absolute Gasteiger partial charge is 0.255 e. The van der Waals surface area contributed by atoms with Gasteiger partial charge in [-0.1, -0.05) is 25.5 Å². The number of ether oxygens (including phenoxy) is 1. The second-order valence-electron chi connectivity index (χ2n) is 3.57. The molecule has 0 bridgehead atoms. The second-order valence-corrected chi connectivity index (χ2v) is 3.57. The third kappa shape index (κ3) is 2.06. The fourth-order valence-corrected chi connectivity index (χ4v) is 1.67. The van der Waals surface area contributed by atoms with Gasteiger partial charge >= 0.3 is 0 Å². The molecule has 0 amide bonds. The predicted octanol–water partition coefficient (Wildman–Crippen LogP) is 2.40. The largest absolute Gasteiger partial charge is 0.470 e. The van der Waals surface area contributed by atoms with E-state index in [1.165, 1.54) is 5.56 Å².